The molecular formula is C14H17IN2S. The van der Waals surface area contributed by atoms with Crippen LogP contribution in [-0.4, -0.2) is 17.5 Å². The molecule has 0 aromatic heterocycles. The van der Waals surface area contributed by atoms with Crippen molar-refractivity contribution < 1.29 is 0 Å². The van der Waals surface area contributed by atoms with Crippen molar-refractivity contribution in [1.82, 2.24) is 0 Å². The molecule has 0 atom stereocenters. The average Bonchev–Trinajstić information content (AvgIpc) is 2.84. The van der Waals surface area contributed by atoms with Gasteiger partial charge in [-0.25, -0.2) is 0 Å². The second-order valence-corrected chi connectivity index (χ2v) is 7.46. The Bertz CT molecular complexity index is 449. The van der Waals surface area contributed by atoms with E-state index in [1.54, 1.807) is 0 Å². The van der Waals surface area contributed by atoms with Crippen LogP contribution in [0.15, 0.2) is 29.3 Å². The maximum Gasteiger partial charge on any atom is 0.161 e. The molecule has 96 valence electrons. The number of nitrogens with one attached hydrogen (secondary N) is 1. The standard InChI is InChI=1S/C14H17IN2S/c15-11-3-5-12(6-4-11)17-13-16-9-14(10-18-13)7-1-2-8-14/h3-6H,1-2,7-10H2,(H,16,17). The molecule has 1 heterocycles. The number of hydrogen-bond acceptors (Lipinski definition) is 3. The molecule has 0 saturated heterocycles. The summed E-state index contributed by atoms with van der Waals surface area (Å²) in [7, 11) is 0. The van der Waals surface area contributed by atoms with E-state index in [0.29, 0.717) is 5.41 Å². The van der Waals surface area contributed by atoms with E-state index in [2.05, 4.69) is 52.2 Å². The van der Waals surface area contributed by atoms with Crippen molar-refractivity contribution in [1.29, 1.82) is 0 Å². The Balaban J connectivity index is 1.64. The lowest BCUT2D eigenvalue weighted by atomic mass is 9.89. The Hall–Kier alpha value is -0.230. The van der Waals surface area contributed by atoms with E-state index in [0.717, 1.165) is 17.4 Å². The van der Waals surface area contributed by atoms with Crippen molar-refractivity contribution in [2.75, 3.05) is 17.6 Å². The zero-order chi connectivity index (χ0) is 12.4. The topological polar surface area (TPSA) is 24.4 Å². The molecule has 1 saturated carbocycles. The second-order valence-electron chi connectivity index (χ2n) is 5.25. The van der Waals surface area contributed by atoms with Crippen molar-refractivity contribution in [3.8, 4) is 0 Å². The number of benzene rings is 1. The lowest BCUT2D eigenvalue weighted by Gasteiger charge is -2.31. The summed E-state index contributed by atoms with van der Waals surface area (Å²) >= 11 is 4.22. The molecule has 1 aliphatic heterocycles. The summed E-state index contributed by atoms with van der Waals surface area (Å²) in [6.45, 7) is 1.02. The number of rotatable bonds is 1. The molecule has 1 aliphatic carbocycles. The fourth-order valence-electron chi connectivity index (χ4n) is 2.71. The monoisotopic (exact) mass is 372 g/mol. The number of halogens is 1. The van der Waals surface area contributed by atoms with Gasteiger partial charge in [-0.3, -0.25) is 4.99 Å². The van der Waals surface area contributed by atoms with Crippen molar-refractivity contribution in [3.05, 3.63) is 27.8 Å². The molecule has 18 heavy (non-hydrogen) atoms. The van der Waals surface area contributed by atoms with Crippen LogP contribution in [0.5, 0.6) is 0 Å². The Kier molecular flexibility index (Phi) is 3.84. The van der Waals surface area contributed by atoms with E-state index in [9.17, 15) is 0 Å². The van der Waals surface area contributed by atoms with Gasteiger partial charge in [-0.1, -0.05) is 24.6 Å². The summed E-state index contributed by atoms with van der Waals surface area (Å²) in [4.78, 5) is 4.75. The van der Waals surface area contributed by atoms with Crippen molar-refractivity contribution in [3.63, 3.8) is 0 Å². The predicted molar refractivity (Wildman–Crippen MR) is 88.4 cm³/mol. The van der Waals surface area contributed by atoms with Crippen LogP contribution >= 0.6 is 34.4 Å². The normalized spacial score (nSPS) is 21.9. The molecule has 1 fully saturated rings. The quantitative estimate of drug-likeness (QED) is 0.741. The highest BCUT2D eigenvalue weighted by molar-refractivity contribution is 14.1. The van der Waals surface area contributed by atoms with Gasteiger partial charge in [-0.15, -0.1) is 0 Å². The maximum atomic E-state index is 4.75. The molecule has 1 aromatic carbocycles. The summed E-state index contributed by atoms with van der Waals surface area (Å²) in [5, 5.41) is 4.52. The first kappa shape index (κ1) is 12.8. The minimum Gasteiger partial charge on any atom is -0.335 e. The maximum absolute atomic E-state index is 4.75. The fourth-order valence-corrected chi connectivity index (χ4v) is 4.24. The first-order valence-electron chi connectivity index (χ1n) is 6.46. The van der Waals surface area contributed by atoms with Crippen molar-refractivity contribution in [2.45, 2.75) is 25.7 Å². The number of aliphatic imine (C=N–C) groups is 1. The van der Waals surface area contributed by atoms with E-state index < -0.39 is 0 Å². The van der Waals surface area contributed by atoms with Gasteiger partial charge in [0.2, 0.25) is 0 Å². The van der Waals surface area contributed by atoms with Gasteiger partial charge in [0.15, 0.2) is 5.17 Å². The summed E-state index contributed by atoms with van der Waals surface area (Å²) in [5.74, 6) is 1.24. The Morgan fingerprint density at radius 2 is 1.89 bits per heavy atom. The number of anilines is 1. The molecule has 0 radical (unpaired) electrons. The van der Waals surface area contributed by atoms with Crippen LogP contribution in [0.2, 0.25) is 0 Å². The molecule has 1 N–H and O–H groups in total. The second kappa shape index (κ2) is 5.41. The molecule has 0 bridgehead atoms. The number of thioether (sulfide) groups is 1. The molecule has 2 aliphatic rings. The smallest absolute Gasteiger partial charge is 0.161 e. The Morgan fingerprint density at radius 3 is 2.50 bits per heavy atom. The minimum atomic E-state index is 0.530. The van der Waals surface area contributed by atoms with Crippen molar-refractivity contribution in [2.24, 2.45) is 10.4 Å². The third-order valence-electron chi connectivity index (χ3n) is 3.83. The number of nitrogens with zero attached hydrogens (tertiary/aromatic N) is 1. The van der Waals surface area contributed by atoms with Crippen LogP contribution in [0.25, 0.3) is 0 Å². The van der Waals surface area contributed by atoms with E-state index in [1.807, 2.05) is 11.8 Å². The number of amidine groups is 1. The van der Waals surface area contributed by atoms with Gasteiger partial charge in [0.05, 0.1) is 0 Å². The molecule has 4 heteroatoms. The predicted octanol–water partition coefficient (Wildman–Crippen LogP) is 4.37. The highest BCUT2D eigenvalue weighted by atomic mass is 127. The zero-order valence-electron chi connectivity index (χ0n) is 10.3. The van der Waals surface area contributed by atoms with Gasteiger partial charge in [0.25, 0.3) is 0 Å². The van der Waals surface area contributed by atoms with E-state index in [-0.39, 0.29) is 0 Å². The van der Waals surface area contributed by atoms with Crippen LogP contribution in [0.3, 0.4) is 0 Å². The minimum absolute atomic E-state index is 0.530. The molecule has 1 aromatic rings. The summed E-state index contributed by atoms with van der Waals surface area (Å²) in [5.41, 5.74) is 1.67. The summed E-state index contributed by atoms with van der Waals surface area (Å²) in [6, 6.07) is 8.47. The van der Waals surface area contributed by atoms with Crippen LogP contribution in [0, 0.1) is 8.99 Å². The summed E-state index contributed by atoms with van der Waals surface area (Å²) < 4.78 is 1.27. The lowest BCUT2D eigenvalue weighted by Crippen LogP contribution is -2.30. The van der Waals surface area contributed by atoms with Gasteiger partial charge in [0, 0.05) is 21.6 Å². The molecule has 2 nitrogen and oxygen atoms in total. The average molecular weight is 372 g/mol. The van der Waals surface area contributed by atoms with Gasteiger partial charge >= 0.3 is 0 Å². The molecule has 0 amide bonds. The van der Waals surface area contributed by atoms with Crippen LogP contribution in [-0.2, 0) is 0 Å². The van der Waals surface area contributed by atoms with E-state index in [1.165, 1.54) is 35.0 Å². The highest BCUT2D eigenvalue weighted by Gasteiger charge is 2.36. The molecule has 1 spiro atoms. The Morgan fingerprint density at radius 1 is 1.17 bits per heavy atom. The van der Waals surface area contributed by atoms with E-state index in [4.69, 9.17) is 4.99 Å². The SMILES string of the molecule is Ic1ccc(NC2=NCC3(CCCC3)CS2)cc1. The molecule has 3 rings (SSSR count). The first-order chi connectivity index (χ1) is 8.76. The lowest BCUT2D eigenvalue weighted by molar-refractivity contribution is 0.359. The first-order valence-corrected chi connectivity index (χ1v) is 8.52. The van der Waals surface area contributed by atoms with Crippen LogP contribution in [0.4, 0.5) is 5.69 Å². The Labute approximate surface area is 126 Å². The van der Waals surface area contributed by atoms with E-state index >= 15 is 0 Å². The van der Waals surface area contributed by atoms with Crippen LogP contribution in [0.1, 0.15) is 25.7 Å². The third kappa shape index (κ3) is 2.85. The number of hydrogen-bond donors (Lipinski definition) is 1. The fraction of sp³-hybridized carbons (Fsp3) is 0.500. The van der Waals surface area contributed by atoms with Gasteiger partial charge in [-0.2, -0.15) is 0 Å². The zero-order valence-corrected chi connectivity index (χ0v) is 13.3. The largest absolute Gasteiger partial charge is 0.335 e. The summed E-state index contributed by atoms with van der Waals surface area (Å²) in [6.07, 6.45) is 5.55. The van der Waals surface area contributed by atoms with Gasteiger partial charge < -0.3 is 5.32 Å². The van der Waals surface area contributed by atoms with Crippen molar-refractivity contribution >= 4 is 45.2 Å². The third-order valence-corrected chi connectivity index (χ3v) is 5.81. The van der Waals surface area contributed by atoms with Gasteiger partial charge in [0.1, 0.15) is 0 Å². The molecule has 0 unspecified atom stereocenters. The van der Waals surface area contributed by atoms with Gasteiger partial charge in [-0.05, 0) is 65.1 Å². The van der Waals surface area contributed by atoms with Crippen LogP contribution < -0.4 is 5.32 Å². The highest BCUT2D eigenvalue weighted by Crippen LogP contribution is 2.43. The molecular weight excluding hydrogens is 355 g/mol.